The van der Waals surface area contributed by atoms with Crippen molar-refractivity contribution >= 4 is 34.3 Å². The smallest absolute Gasteiger partial charge is 0.278 e. The Hall–Kier alpha value is -3.45. The Balaban J connectivity index is 1.43. The number of amides is 1. The molecule has 0 spiro atoms. The third kappa shape index (κ3) is 4.41. The van der Waals surface area contributed by atoms with Gasteiger partial charge in [-0.1, -0.05) is 41.2 Å². The quantitative estimate of drug-likeness (QED) is 0.528. The first-order valence-corrected chi connectivity index (χ1v) is 10.3. The summed E-state index contributed by atoms with van der Waals surface area (Å²) in [6.07, 6.45) is 0. The summed E-state index contributed by atoms with van der Waals surface area (Å²) in [6, 6.07) is 20.9. The van der Waals surface area contributed by atoms with Crippen LogP contribution in [-0.2, 0) is 11.3 Å². The number of benzene rings is 3. The molecule has 30 heavy (non-hydrogen) atoms. The highest BCUT2D eigenvalue weighted by molar-refractivity contribution is 7.99. The van der Waals surface area contributed by atoms with E-state index in [1.54, 1.807) is 36.0 Å². The molecule has 0 aliphatic carbocycles. The number of nitrogens with one attached hydrogen (secondary N) is 1. The minimum Gasteiger partial charge on any atom is -0.324 e. The molecule has 1 amide bonds. The molecule has 1 aromatic heterocycles. The van der Waals surface area contributed by atoms with E-state index < -0.39 is 0 Å². The minimum absolute atomic E-state index is 0.199. The molecular weight excluding hydrogens is 396 g/mol. The molecule has 0 atom stereocenters. The van der Waals surface area contributed by atoms with Gasteiger partial charge in [0.25, 0.3) is 5.56 Å². The summed E-state index contributed by atoms with van der Waals surface area (Å²) in [6.45, 7) is 3.97. The molecule has 3 aromatic carbocycles. The van der Waals surface area contributed by atoms with Crippen molar-refractivity contribution in [3.8, 4) is 0 Å². The maximum absolute atomic E-state index is 12.5. The van der Waals surface area contributed by atoms with Crippen LogP contribution >= 0.6 is 11.8 Å². The molecule has 0 unspecified atom stereocenters. The van der Waals surface area contributed by atoms with Crippen LogP contribution in [0.5, 0.6) is 0 Å². The van der Waals surface area contributed by atoms with Crippen LogP contribution in [0.25, 0.3) is 10.9 Å². The van der Waals surface area contributed by atoms with Crippen molar-refractivity contribution in [1.29, 1.82) is 0 Å². The summed E-state index contributed by atoms with van der Waals surface area (Å²) in [5.41, 5.74) is 3.28. The van der Waals surface area contributed by atoms with Gasteiger partial charge in [-0.25, -0.2) is 4.68 Å². The number of anilines is 1. The highest BCUT2D eigenvalue weighted by Gasteiger charge is 2.10. The van der Waals surface area contributed by atoms with Gasteiger partial charge in [0.15, 0.2) is 0 Å². The van der Waals surface area contributed by atoms with Gasteiger partial charge in [0.1, 0.15) is 12.1 Å². The molecule has 1 N–H and O–H groups in total. The Morgan fingerprint density at radius 1 is 1.03 bits per heavy atom. The lowest BCUT2D eigenvalue weighted by atomic mass is 10.2. The van der Waals surface area contributed by atoms with Crippen molar-refractivity contribution in [2.24, 2.45) is 0 Å². The van der Waals surface area contributed by atoms with Gasteiger partial charge in [-0.15, -0.1) is 5.10 Å². The van der Waals surface area contributed by atoms with Gasteiger partial charge >= 0.3 is 0 Å². The zero-order valence-corrected chi connectivity index (χ0v) is 17.4. The number of carbonyl (C=O) groups is 1. The molecule has 0 bridgehead atoms. The van der Waals surface area contributed by atoms with Crippen LogP contribution in [0.4, 0.5) is 5.69 Å². The Kier molecular flexibility index (Phi) is 5.63. The largest absolute Gasteiger partial charge is 0.324 e. The molecule has 4 rings (SSSR count). The van der Waals surface area contributed by atoms with Gasteiger partial charge in [-0.2, -0.15) is 0 Å². The van der Waals surface area contributed by atoms with Crippen LogP contribution in [0.15, 0.2) is 81.3 Å². The number of fused-ring (bicyclic) bond motifs is 1. The predicted molar refractivity (Wildman–Crippen MR) is 119 cm³/mol. The van der Waals surface area contributed by atoms with Crippen LogP contribution < -0.4 is 10.9 Å². The van der Waals surface area contributed by atoms with Gasteiger partial charge < -0.3 is 5.32 Å². The first-order chi connectivity index (χ1) is 14.5. The lowest BCUT2D eigenvalue weighted by molar-refractivity contribution is -0.117. The Morgan fingerprint density at radius 3 is 2.60 bits per heavy atom. The summed E-state index contributed by atoms with van der Waals surface area (Å²) >= 11 is 1.69. The van der Waals surface area contributed by atoms with Crippen molar-refractivity contribution in [1.82, 2.24) is 15.0 Å². The van der Waals surface area contributed by atoms with Crippen LogP contribution in [0.1, 0.15) is 11.1 Å². The molecule has 0 fully saturated rings. The highest BCUT2D eigenvalue weighted by Crippen LogP contribution is 2.31. The average molecular weight is 417 g/mol. The first-order valence-electron chi connectivity index (χ1n) is 9.47. The van der Waals surface area contributed by atoms with E-state index in [-0.39, 0.29) is 18.0 Å². The molecule has 0 radical (unpaired) electrons. The summed E-state index contributed by atoms with van der Waals surface area (Å²) in [7, 11) is 0. The monoisotopic (exact) mass is 416 g/mol. The third-order valence-electron chi connectivity index (χ3n) is 4.63. The number of rotatable bonds is 5. The molecule has 4 aromatic rings. The van der Waals surface area contributed by atoms with Crippen LogP contribution in [-0.4, -0.2) is 20.9 Å². The fourth-order valence-electron chi connectivity index (χ4n) is 3.01. The van der Waals surface area contributed by atoms with Crippen LogP contribution in [0.3, 0.4) is 0 Å². The molecule has 150 valence electrons. The fourth-order valence-corrected chi connectivity index (χ4v) is 4.01. The average Bonchev–Trinajstić information content (AvgIpc) is 2.74. The molecular formula is C23H20N4O2S. The fraction of sp³-hybridized carbons (Fsp3) is 0.130. The maximum atomic E-state index is 12.5. The van der Waals surface area contributed by atoms with Gasteiger partial charge in [0.2, 0.25) is 5.91 Å². The number of carbonyl (C=O) groups excluding carboxylic acids is 1. The summed E-state index contributed by atoms with van der Waals surface area (Å²) < 4.78 is 1.07. The minimum atomic E-state index is -0.337. The molecule has 0 saturated heterocycles. The molecule has 6 nitrogen and oxygen atoms in total. The van der Waals surface area contributed by atoms with E-state index in [0.717, 1.165) is 9.58 Å². The van der Waals surface area contributed by atoms with E-state index in [0.29, 0.717) is 16.6 Å². The molecule has 0 saturated carbocycles. The molecule has 0 aliphatic heterocycles. The number of hydrogen-bond donors (Lipinski definition) is 1. The Morgan fingerprint density at radius 2 is 1.80 bits per heavy atom. The van der Waals surface area contributed by atoms with Crippen molar-refractivity contribution in [3.63, 3.8) is 0 Å². The topological polar surface area (TPSA) is 76.9 Å². The second-order valence-electron chi connectivity index (χ2n) is 7.01. The van der Waals surface area contributed by atoms with E-state index in [9.17, 15) is 9.59 Å². The highest BCUT2D eigenvalue weighted by atomic mass is 32.2. The van der Waals surface area contributed by atoms with E-state index in [1.165, 1.54) is 16.0 Å². The molecule has 1 heterocycles. The van der Waals surface area contributed by atoms with Crippen LogP contribution in [0, 0.1) is 13.8 Å². The van der Waals surface area contributed by atoms with Gasteiger partial charge in [-0.3, -0.25) is 9.59 Å². The zero-order valence-electron chi connectivity index (χ0n) is 16.6. The maximum Gasteiger partial charge on any atom is 0.278 e. The zero-order chi connectivity index (χ0) is 21.1. The number of nitrogens with zero attached hydrogens (tertiary/aromatic N) is 3. The number of hydrogen-bond acceptors (Lipinski definition) is 5. The number of aromatic nitrogens is 3. The predicted octanol–water partition coefficient (Wildman–Crippen LogP) is 4.20. The van der Waals surface area contributed by atoms with Crippen molar-refractivity contribution in [3.05, 3.63) is 88.2 Å². The Bertz CT molecular complexity index is 1280. The van der Waals surface area contributed by atoms with Crippen LogP contribution in [0.2, 0.25) is 0 Å². The summed E-state index contributed by atoms with van der Waals surface area (Å²) in [5.74, 6) is -0.336. The third-order valence-corrected chi connectivity index (χ3v) is 5.80. The first kappa shape index (κ1) is 19.8. The lowest BCUT2D eigenvalue weighted by Gasteiger charge is -2.09. The normalized spacial score (nSPS) is 10.9. The molecule has 7 heteroatoms. The van der Waals surface area contributed by atoms with Crippen molar-refractivity contribution < 1.29 is 4.79 Å². The summed E-state index contributed by atoms with van der Waals surface area (Å²) in [4.78, 5) is 27.1. The number of aryl methyl sites for hydroxylation is 2. The van der Waals surface area contributed by atoms with E-state index in [1.807, 2.05) is 24.3 Å². The van der Waals surface area contributed by atoms with Crippen molar-refractivity contribution in [2.45, 2.75) is 30.2 Å². The summed E-state index contributed by atoms with van der Waals surface area (Å²) in [5, 5.41) is 11.1. The van der Waals surface area contributed by atoms with Crippen molar-refractivity contribution in [2.75, 3.05) is 5.32 Å². The van der Waals surface area contributed by atoms with E-state index in [4.69, 9.17) is 0 Å². The lowest BCUT2D eigenvalue weighted by Crippen LogP contribution is -2.30. The second kappa shape index (κ2) is 8.51. The van der Waals surface area contributed by atoms with Gasteiger partial charge in [-0.05, 0) is 67.4 Å². The van der Waals surface area contributed by atoms with E-state index >= 15 is 0 Å². The van der Waals surface area contributed by atoms with E-state index in [2.05, 4.69) is 47.7 Å². The standard InChI is InChI=1S/C23H20N4O2S/c1-15-7-8-16(2)21(13-15)30-18-11-9-17(10-12-18)24-22(28)14-27-23(29)19-5-3-4-6-20(19)25-26-27/h3-13H,14H2,1-2H3,(H,24,28). The Labute approximate surface area is 177 Å². The SMILES string of the molecule is Cc1ccc(C)c(Sc2ccc(NC(=O)Cn3nnc4ccccc4c3=O)cc2)c1. The van der Waals surface area contributed by atoms with Gasteiger partial charge in [0, 0.05) is 15.5 Å². The molecule has 0 aliphatic rings. The second-order valence-corrected chi connectivity index (χ2v) is 8.13. The van der Waals surface area contributed by atoms with Gasteiger partial charge in [0.05, 0.1) is 5.39 Å².